The van der Waals surface area contributed by atoms with E-state index >= 15 is 0 Å². The molecule has 0 unspecified atom stereocenters. The number of rotatable bonds is 5. The fourth-order valence-corrected chi connectivity index (χ4v) is 7.29. The smallest absolute Gasteiger partial charge is 0.160 e. The highest BCUT2D eigenvalue weighted by Crippen LogP contribution is 2.43. The third-order valence-corrected chi connectivity index (χ3v) is 9.39. The summed E-state index contributed by atoms with van der Waals surface area (Å²) in [6.45, 7) is 0. The van der Waals surface area contributed by atoms with Crippen molar-refractivity contribution >= 4 is 31.5 Å². The van der Waals surface area contributed by atoms with E-state index in [4.69, 9.17) is 9.97 Å². The Morgan fingerprint density at radius 3 is 1.80 bits per heavy atom. The second-order valence-corrected chi connectivity index (χ2v) is 11.9. The Labute approximate surface area is 265 Å². The summed E-state index contributed by atoms with van der Waals surface area (Å²) in [4.78, 5) is 9.94. The molecule has 0 bridgehead atoms. The predicted octanol–water partition coefficient (Wildman–Crippen LogP) is 11.1. The average Bonchev–Trinajstić information content (AvgIpc) is 3.51. The van der Waals surface area contributed by atoms with Gasteiger partial charge in [0, 0.05) is 42.4 Å². The molecule has 4 heteroatoms. The van der Waals surface area contributed by atoms with E-state index in [0.29, 0.717) is 22.8 Å². The van der Waals surface area contributed by atoms with Gasteiger partial charge in [-0.1, -0.05) is 140 Å². The quantitative estimate of drug-likeness (QED) is 0.200. The fourth-order valence-electron chi connectivity index (χ4n) is 6.06. The van der Waals surface area contributed by atoms with E-state index in [1.165, 1.54) is 31.3 Å². The molecule has 2 aromatic heterocycles. The normalized spacial score (nSPS) is 11.1. The number of hydrogen-bond acceptors (Lipinski definition) is 4. The molecule has 0 atom stereocenters. The zero-order chi connectivity index (χ0) is 30.2. The van der Waals surface area contributed by atoms with Crippen LogP contribution in [0.4, 0.5) is 0 Å². The minimum absolute atomic E-state index is 0.460. The molecule has 0 radical (unpaired) electrons. The summed E-state index contributed by atoms with van der Waals surface area (Å²) in [5, 5.41) is 13.1. The Morgan fingerprint density at radius 2 is 1.02 bits per heavy atom. The Balaban J connectivity index is 1.32. The van der Waals surface area contributed by atoms with Gasteiger partial charge in [-0.2, -0.15) is 5.26 Å². The summed E-state index contributed by atoms with van der Waals surface area (Å²) < 4.78 is 2.57. The maximum Gasteiger partial charge on any atom is 0.160 e. The molecule has 0 amide bonds. The molecular weight excluding hydrogens is 567 g/mol. The summed E-state index contributed by atoms with van der Waals surface area (Å²) in [6, 6.07) is 54.4. The van der Waals surface area contributed by atoms with Crippen molar-refractivity contribution in [2.75, 3.05) is 0 Å². The van der Waals surface area contributed by atoms with Crippen molar-refractivity contribution in [1.29, 1.82) is 5.26 Å². The SMILES string of the molecule is N#Cc1c(-c2ccccc2)nc(-c2ccccc2)nc1-c1cccc(-c2ccccc2-c2cccc3c2sc2ccccc23)c1. The van der Waals surface area contributed by atoms with E-state index in [1.807, 2.05) is 78.1 Å². The zero-order valence-corrected chi connectivity index (χ0v) is 25.0. The number of nitrogens with zero attached hydrogens (tertiary/aromatic N) is 3. The number of nitriles is 1. The van der Waals surface area contributed by atoms with Crippen LogP contribution >= 0.6 is 11.3 Å². The Bertz CT molecular complexity index is 2390. The number of thiophene rings is 1. The van der Waals surface area contributed by atoms with Gasteiger partial charge in [0.15, 0.2) is 5.82 Å². The molecule has 45 heavy (non-hydrogen) atoms. The first-order valence-corrected chi connectivity index (χ1v) is 15.6. The first-order valence-electron chi connectivity index (χ1n) is 14.8. The van der Waals surface area contributed by atoms with Gasteiger partial charge in [-0.3, -0.25) is 0 Å². The molecule has 0 saturated carbocycles. The van der Waals surface area contributed by atoms with Crippen molar-refractivity contribution in [1.82, 2.24) is 9.97 Å². The van der Waals surface area contributed by atoms with Gasteiger partial charge in [0.2, 0.25) is 0 Å². The highest BCUT2D eigenvalue weighted by molar-refractivity contribution is 7.26. The molecule has 0 fully saturated rings. The molecule has 8 aromatic rings. The molecule has 0 aliphatic carbocycles. The van der Waals surface area contributed by atoms with Crippen LogP contribution in [0.5, 0.6) is 0 Å². The van der Waals surface area contributed by atoms with Gasteiger partial charge in [0.05, 0.1) is 11.4 Å². The lowest BCUT2D eigenvalue weighted by atomic mass is 9.92. The Morgan fingerprint density at radius 1 is 0.467 bits per heavy atom. The van der Waals surface area contributed by atoms with Crippen LogP contribution in [0.3, 0.4) is 0 Å². The number of fused-ring (bicyclic) bond motifs is 3. The van der Waals surface area contributed by atoms with E-state index < -0.39 is 0 Å². The van der Waals surface area contributed by atoms with Gasteiger partial charge >= 0.3 is 0 Å². The lowest BCUT2D eigenvalue weighted by Crippen LogP contribution is -2.01. The van der Waals surface area contributed by atoms with Crippen molar-refractivity contribution in [3.63, 3.8) is 0 Å². The van der Waals surface area contributed by atoms with Gasteiger partial charge in [-0.25, -0.2) is 9.97 Å². The summed E-state index contributed by atoms with van der Waals surface area (Å²) >= 11 is 1.84. The van der Waals surface area contributed by atoms with Crippen LogP contribution in [-0.2, 0) is 0 Å². The zero-order valence-electron chi connectivity index (χ0n) is 24.2. The van der Waals surface area contributed by atoms with E-state index in [9.17, 15) is 5.26 Å². The molecular formula is C41H25N3S. The van der Waals surface area contributed by atoms with Crippen LogP contribution in [0, 0.1) is 11.3 Å². The maximum atomic E-state index is 10.5. The monoisotopic (exact) mass is 591 g/mol. The molecule has 0 N–H and O–H groups in total. The number of hydrogen-bond donors (Lipinski definition) is 0. The van der Waals surface area contributed by atoms with Gasteiger partial charge < -0.3 is 0 Å². The molecule has 0 spiro atoms. The highest BCUT2D eigenvalue weighted by atomic mass is 32.1. The van der Waals surface area contributed by atoms with E-state index in [0.717, 1.165) is 27.8 Å². The first-order chi connectivity index (χ1) is 22.3. The molecule has 6 aromatic carbocycles. The van der Waals surface area contributed by atoms with E-state index in [1.54, 1.807) is 0 Å². The van der Waals surface area contributed by atoms with Gasteiger partial charge in [-0.05, 0) is 28.8 Å². The van der Waals surface area contributed by atoms with Crippen molar-refractivity contribution in [3.05, 3.63) is 157 Å². The summed E-state index contributed by atoms with van der Waals surface area (Å²) in [7, 11) is 0. The standard InChI is InChI=1S/C41H25N3S/c42-26-36-38(27-13-3-1-4-14-27)43-41(28-15-5-2-6-16-28)44-39(36)30-18-11-17-29(25-30)31-19-7-8-20-32(31)34-22-12-23-35-33-21-9-10-24-37(33)45-40(34)35/h1-25H. The topological polar surface area (TPSA) is 49.6 Å². The molecule has 0 aliphatic heterocycles. The largest absolute Gasteiger partial charge is 0.227 e. The van der Waals surface area contributed by atoms with Gasteiger partial charge in [0.1, 0.15) is 11.6 Å². The third kappa shape index (κ3) is 4.77. The summed E-state index contributed by atoms with van der Waals surface area (Å²) in [6.07, 6.45) is 0. The lowest BCUT2D eigenvalue weighted by molar-refractivity contribution is 1.17. The van der Waals surface area contributed by atoms with Crippen LogP contribution < -0.4 is 0 Å². The Hall–Kier alpha value is -5.89. The second-order valence-electron chi connectivity index (χ2n) is 10.9. The molecule has 2 heterocycles. The molecule has 0 aliphatic rings. The van der Waals surface area contributed by atoms with E-state index in [-0.39, 0.29) is 0 Å². The van der Waals surface area contributed by atoms with Crippen molar-refractivity contribution in [3.8, 4) is 62.2 Å². The fraction of sp³-hybridized carbons (Fsp3) is 0. The third-order valence-electron chi connectivity index (χ3n) is 8.17. The van der Waals surface area contributed by atoms with Crippen molar-refractivity contribution in [2.45, 2.75) is 0 Å². The predicted molar refractivity (Wildman–Crippen MR) is 187 cm³/mol. The van der Waals surface area contributed by atoms with Crippen LogP contribution in [0.25, 0.3) is 76.3 Å². The van der Waals surface area contributed by atoms with Crippen LogP contribution in [-0.4, -0.2) is 9.97 Å². The first kappa shape index (κ1) is 26.7. The molecule has 8 rings (SSSR count). The van der Waals surface area contributed by atoms with Crippen LogP contribution in [0.15, 0.2) is 152 Å². The molecule has 3 nitrogen and oxygen atoms in total. The van der Waals surface area contributed by atoms with Crippen LogP contribution in [0.2, 0.25) is 0 Å². The Kier molecular flexibility index (Phi) is 6.72. The summed E-state index contributed by atoms with van der Waals surface area (Å²) in [5.41, 5.74) is 8.94. The minimum Gasteiger partial charge on any atom is -0.227 e. The van der Waals surface area contributed by atoms with Crippen molar-refractivity contribution < 1.29 is 0 Å². The maximum absolute atomic E-state index is 10.5. The summed E-state index contributed by atoms with van der Waals surface area (Å²) in [5.74, 6) is 0.589. The molecule has 0 saturated heterocycles. The average molecular weight is 592 g/mol. The van der Waals surface area contributed by atoms with Gasteiger partial charge in [-0.15, -0.1) is 11.3 Å². The second kappa shape index (κ2) is 11.3. The lowest BCUT2D eigenvalue weighted by Gasteiger charge is -2.14. The van der Waals surface area contributed by atoms with Gasteiger partial charge in [0.25, 0.3) is 0 Å². The van der Waals surface area contributed by atoms with E-state index in [2.05, 4.69) is 91.0 Å². The van der Waals surface area contributed by atoms with Crippen LogP contribution in [0.1, 0.15) is 5.56 Å². The number of benzene rings is 6. The van der Waals surface area contributed by atoms with Crippen molar-refractivity contribution in [2.24, 2.45) is 0 Å². The molecule has 210 valence electrons. The number of aromatic nitrogens is 2. The highest BCUT2D eigenvalue weighted by Gasteiger charge is 2.20. The minimum atomic E-state index is 0.460.